The molecule has 0 fully saturated rings. The first-order chi connectivity index (χ1) is 16.5. The standard InChI is InChI=1S/C28H36N2O5/c1-18(26(32)33)16-30(5)25(31)14-19(15-28(2,3)4)29-27(34)35-17-24-22-12-8-6-10-20(22)21-11-7-9-13-23(21)24/h6-13,18-19,24H,14-17H2,1-5H3,(H,29,34)(H,32,33). The zero-order chi connectivity index (χ0) is 25.8. The van der Waals surface area contributed by atoms with Crippen LogP contribution in [0.4, 0.5) is 4.79 Å². The van der Waals surface area contributed by atoms with Gasteiger partial charge in [-0.15, -0.1) is 0 Å². The van der Waals surface area contributed by atoms with Gasteiger partial charge in [0.1, 0.15) is 6.61 Å². The highest BCUT2D eigenvalue weighted by molar-refractivity contribution is 5.80. The average molecular weight is 481 g/mol. The number of rotatable bonds is 9. The summed E-state index contributed by atoms with van der Waals surface area (Å²) in [5, 5.41) is 12.0. The Balaban J connectivity index is 1.64. The van der Waals surface area contributed by atoms with Crippen LogP contribution < -0.4 is 5.32 Å². The summed E-state index contributed by atoms with van der Waals surface area (Å²) in [6.07, 6.45) is 0.0886. The highest BCUT2D eigenvalue weighted by Crippen LogP contribution is 2.44. The van der Waals surface area contributed by atoms with Gasteiger partial charge in [0, 0.05) is 32.0 Å². The molecule has 7 nitrogen and oxygen atoms in total. The SMILES string of the molecule is CC(CN(C)C(=O)CC(CC(C)(C)C)NC(=O)OCC1c2ccccc2-c2ccccc21)C(=O)O. The van der Waals surface area contributed by atoms with E-state index in [2.05, 4.69) is 29.6 Å². The van der Waals surface area contributed by atoms with Crippen molar-refractivity contribution in [1.82, 2.24) is 10.2 Å². The lowest BCUT2D eigenvalue weighted by Gasteiger charge is -2.28. The summed E-state index contributed by atoms with van der Waals surface area (Å²) in [5.41, 5.74) is 4.46. The van der Waals surface area contributed by atoms with Crippen LogP contribution >= 0.6 is 0 Å². The van der Waals surface area contributed by atoms with Crippen molar-refractivity contribution < 1.29 is 24.2 Å². The summed E-state index contributed by atoms with van der Waals surface area (Å²) in [4.78, 5) is 38.1. The highest BCUT2D eigenvalue weighted by Gasteiger charge is 2.30. The number of carboxylic acids is 1. The predicted octanol–water partition coefficient (Wildman–Crippen LogP) is 4.90. The van der Waals surface area contributed by atoms with Gasteiger partial charge >= 0.3 is 12.1 Å². The van der Waals surface area contributed by atoms with Gasteiger partial charge in [-0.2, -0.15) is 0 Å². The first-order valence-corrected chi connectivity index (χ1v) is 12.0. The smallest absolute Gasteiger partial charge is 0.407 e. The first kappa shape index (κ1) is 26.3. The van der Waals surface area contributed by atoms with E-state index in [1.54, 1.807) is 14.0 Å². The fourth-order valence-corrected chi connectivity index (χ4v) is 4.68. The van der Waals surface area contributed by atoms with Gasteiger partial charge in [0.25, 0.3) is 0 Å². The fourth-order valence-electron chi connectivity index (χ4n) is 4.68. The van der Waals surface area contributed by atoms with Crippen LogP contribution in [0.2, 0.25) is 0 Å². The van der Waals surface area contributed by atoms with Crippen LogP contribution in [0.3, 0.4) is 0 Å². The van der Waals surface area contributed by atoms with Crippen LogP contribution in [0.5, 0.6) is 0 Å². The van der Waals surface area contributed by atoms with E-state index in [9.17, 15) is 14.4 Å². The molecule has 1 aliphatic carbocycles. The monoisotopic (exact) mass is 480 g/mol. The van der Waals surface area contributed by atoms with Crippen LogP contribution in [0.25, 0.3) is 11.1 Å². The molecule has 3 rings (SSSR count). The number of nitrogens with zero attached hydrogens (tertiary/aromatic N) is 1. The fraction of sp³-hybridized carbons (Fsp3) is 0.464. The third kappa shape index (κ3) is 6.84. The van der Waals surface area contributed by atoms with Gasteiger partial charge in [-0.1, -0.05) is 76.2 Å². The van der Waals surface area contributed by atoms with Crippen LogP contribution in [0.15, 0.2) is 48.5 Å². The molecule has 7 heteroatoms. The molecule has 0 saturated heterocycles. The number of amides is 2. The van der Waals surface area contributed by atoms with Crippen molar-refractivity contribution in [2.75, 3.05) is 20.2 Å². The summed E-state index contributed by atoms with van der Waals surface area (Å²) in [5.74, 6) is -1.88. The number of nitrogens with one attached hydrogen (secondary N) is 1. The number of hydrogen-bond donors (Lipinski definition) is 2. The molecule has 0 aliphatic heterocycles. The summed E-state index contributed by atoms with van der Waals surface area (Å²) in [6.45, 7) is 8.00. The predicted molar refractivity (Wildman–Crippen MR) is 135 cm³/mol. The molecule has 2 aromatic rings. The van der Waals surface area contributed by atoms with Crippen LogP contribution in [-0.4, -0.2) is 54.2 Å². The van der Waals surface area contributed by atoms with E-state index in [0.29, 0.717) is 6.42 Å². The zero-order valence-electron chi connectivity index (χ0n) is 21.2. The van der Waals surface area contributed by atoms with E-state index in [1.165, 1.54) is 4.90 Å². The molecule has 2 atom stereocenters. The number of fused-ring (bicyclic) bond motifs is 3. The lowest BCUT2D eigenvalue weighted by molar-refractivity contribution is -0.142. The number of alkyl carbamates (subject to hydrolysis) is 1. The van der Waals surface area contributed by atoms with Gasteiger partial charge in [-0.25, -0.2) is 4.79 Å². The molecule has 0 saturated carbocycles. The van der Waals surface area contributed by atoms with E-state index in [-0.39, 0.29) is 36.8 Å². The van der Waals surface area contributed by atoms with Crippen molar-refractivity contribution in [3.8, 4) is 11.1 Å². The highest BCUT2D eigenvalue weighted by atomic mass is 16.5. The van der Waals surface area contributed by atoms with Gasteiger partial charge < -0.3 is 20.1 Å². The molecule has 1 aliphatic rings. The summed E-state index contributed by atoms with van der Waals surface area (Å²) in [6, 6.07) is 15.9. The molecule has 2 amide bonds. The number of ether oxygens (including phenoxy) is 1. The Labute approximate surface area is 207 Å². The van der Waals surface area contributed by atoms with E-state index in [1.807, 2.05) is 45.0 Å². The van der Waals surface area contributed by atoms with E-state index in [0.717, 1.165) is 22.3 Å². The molecule has 35 heavy (non-hydrogen) atoms. The van der Waals surface area contributed by atoms with Crippen molar-refractivity contribution in [2.24, 2.45) is 11.3 Å². The summed E-state index contributed by atoms with van der Waals surface area (Å²) >= 11 is 0. The topological polar surface area (TPSA) is 95.9 Å². The number of carbonyl (C=O) groups is 3. The van der Waals surface area contributed by atoms with Crippen LogP contribution in [-0.2, 0) is 14.3 Å². The van der Waals surface area contributed by atoms with Crippen LogP contribution in [0, 0.1) is 11.3 Å². The van der Waals surface area contributed by atoms with Crippen molar-refractivity contribution in [3.05, 3.63) is 59.7 Å². The molecule has 0 spiro atoms. The number of benzene rings is 2. The van der Waals surface area contributed by atoms with E-state index < -0.39 is 24.0 Å². The normalized spacial score (nSPS) is 14.4. The number of carbonyl (C=O) groups excluding carboxylic acids is 2. The maximum Gasteiger partial charge on any atom is 0.407 e. The van der Waals surface area contributed by atoms with Crippen LogP contribution in [0.1, 0.15) is 57.6 Å². The van der Waals surface area contributed by atoms with Gasteiger partial charge in [-0.3, -0.25) is 9.59 Å². The largest absolute Gasteiger partial charge is 0.481 e. The van der Waals surface area contributed by atoms with Crippen molar-refractivity contribution in [2.45, 2.75) is 52.5 Å². The third-order valence-corrected chi connectivity index (χ3v) is 6.34. The molecule has 0 radical (unpaired) electrons. The molecule has 2 unspecified atom stereocenters. The maximum atomic E-state index is 12.8. The second-order valence-corrected chi connectivity index (χ2v) is 10.6. The van der Waals surface area contributed by atoms with Crippen molar-refractivity contribution in [1.29, 1.82) is 0 Å². The minimum Gasteiger partial charge on any atom is -0.481 e. The molecule has 0 bridgehead atoms. The summed E-state index contributed by atoms with van der Waals surface area (Å²) in [7, 11) is 1.59. The molecule has 188 valence electrons. The Bertz CT molecular complexity index is 1030. The first-order valence-electron chi connectivity index (χ1n) is 12.0. The Morgan fingerprint density at radius 2 is 1.57 bits per heavy atom. The third-order valence-electron chi connectivity index (χ3n) is 6.34. The van der Waals surface area contributed by atoms with Crippen molar-refractivity contribution >= 4 is 18.0 Å². The lowest BCUT2D eigenvalue weighted by atomic mass is 9.87. The molecule has 2 aromatic carbocycles. The van der Waals surface area contributed by atoms with E-state index in [4.69, 9.17) is 9.84 Å². The second-order valence-electron chi connectivity index (χ2n) is 10.6. The Hall–Kier alpha value is -3.35. The van der Waals surface area contributed by atoms with Gasteiger partial charge in [0.15, 0.2) is 0 Å². The molecular weight excluding hydrogens is 444 g/mol. The lowest BCUT2D eigenvalue weighted by Crippen LogP contribution is -2.43. The average Bonchev–Trinajstić information content (AvgIpc) is 3.10. The van der Waals surface area contributed by atoms with Gasteiger partial charge in [0.05, 0.1) is 5.92 Å². The molecule has 0 aromatic heterocycles. The maximum absolute atomic E-state index is 12.8. The molecule has 2 N–H and O–H groups in total. The number of hydrogen-bond acceptors (Lipinski definition) is 4. The minimum atomic E-state index is -0.951. The minimum absolute atomic E-state index is 0.0421. The zero-order valence-corrected chi connectivity index (χ0v) is 21.2. The Morgan fingerprint density at radius 3 is 2.09 bits per heavy atom. The summed E-state index contributed by atoms with van der Waals surface area (Å²) < 4.78 is 5.67. The van der Waals surface area contributed by atoms with Gasteiger partial charge in [-0.05, 0) is 34.1 Å². The molecule has 0 heterocycles. The van der Waals surface area contributed by atoms with Crippen molar-refractivity contribution in [3.63, 3.8) is 0 Å². The van der Waals surface area contributed by atoms with E-state index >= 15 is 0 Å². The Morgan fingerprint density at radius 1 is 1.03 bits per heavy atom. The number of carboxylic acid groups (broad SMARTS) is 1. The van der Waals surface area contributed by atoms with Gasteiger partial charge in [0.2, 0.25) is 5.91 Å². The second kappa shape index (κ2) is 10.9. The Kier molecular flexibility index (Phi) is 8.20. The number of aliphatic carboxylic acids is 1. The molecular formula is C28H36N2O5. The quantitative estimate of drug-likeness (QED) is 0.532.